The second kappa shape index (κ2) is 6.16. The molecule has 6 heteroatoms. The molecule has 4 rings (SSSR count). The monoisotopic (exact) mass is 370 g/mol. The SMILES string of the molecule is COc1cc2c(cc1OC)[C@](O)(c1ccc3c(c1)OCO3)[C@@H](C)[C@@H](C)C2=O. The van der Waals surface area contributed by atoms with Gasteiger partial charge < -0.3 is 24.1 Å². The molecule has 0 spiro atoms. The molecule has 0 bridgehead atoms. The number of Topliss-reactive ketones (excluding diaryl/α,β-unsaturated/α-hetero) is 1. The zero-order valence-electron chi connectivity index (χ0n) is 15.7. The maximum absolute atomic E-state index is 12.9. The molecule has 2 aromatic carbocycles. The molecule has 1 heterocycles. The van der Waals surface area contributed by atoms with Crippen LogP contribution in [-0.2, 0) is 5.60 Å². The van der Waals surface area contributed by atoms with Gasteiger partial charge in [-0.1, -0.05) is 19.9 Å². The lowest BCUT2D eigenvalue weighted by Crippen LogP contribution is -2.46. The molecule has 27 heavy (non-hydrogen) atoms. The Kier molecular flexibility index (Phi) is 4.03. The first-order valence-corrected chi connectivity index (χ1v) is 8.85. The van der Waals surface area contributed by atoms with Crippen LogP contribution in [0.4, 0.5) is 0 Å². The van der Waals surface area contributed by atoms with Crippen LogP contribution in [0.15, 0.2) is 30.3 Å². The summed E-state index contributed by atoms with van der Waals surface area (Å²) in [6.45, 7) is 3.88. The van der Waals surface area contributed by atoms with E-state index in [1.165, 1.54) is 14.2 Å². The summed E-state index contributed by atoms with van der Waals surface area (Å²) in [7, 11) is 3.05. The molecule has 142 valence electrons. The summed E-state index contributed by atoms with van der Waals surface area (Å²) in [6.07, 6.45) is 0. The van der Waals surface area contributed by atoms with Gasteiger partial charge in [0.15, 0.2) is 28.8 Å². The van der Waals surface area contributed by atoms with Crippen molar-refractivity contribution in [2.45, 2.75) is 19.4 Å². The molecular formula is C21H22O6. The maximum Gasteiger partial charge on any atom is 0.231 e. The zero-order valence-corrected chi connectivity index (χ0v) is 15.7. The fraction of sp³-hybridized carbons (Fsp3) is 0.381. The van der Waals surface area contributed by atoms with E-state index in [0.29, 0.717) is 39.7 Å². The van der Waals surface area contributed by atoms with Crippen molar-refractivity contribution in [2.24, 2.45) is 11.8 Å². The molecule has 6 nitrogen and oxygen atoms in total. The number of benzene rings is 2. The predicted molar refractivity (Wildman–Crippen MR) is 97.8 cm³/mol. The van der Waals surface area contributed by atoms with E-state index < -0.39 is 5.60 Å². The van der Waals surface area contributed by atoms with Gasteiger partial charge in [-0.25, -0.2) is 0 Å². The highest BCUT2D eigenvalue weighted by Gasteiger charge is 2.49. The Morgan fingerprint density at radius 1 is 1.04 bits per heavy atom. The number of hydrogen-bond donors (Lipinski definition) is 1. The summed E-state index contributed by atoms with van der Waals surface area (Å²) in [6, 6.07) is 8.72. The first-order chi connectivity index (χ1) is 12.9. The lowest BCUT2D eigenvalue weighted by Gasteiger charge is -2.43. The molecule has 1 N–H and O–H groups in total. The van der Waals surface area contributed by atoms with Crippen molar-refractivity contribution in [1.29, 1.82) is 0 Å². The standard InChI is InChI=1S/C21H22O6/c1-11-12(2)21(23,13-5-6-16-19(7-13)27-10-26-16)15-9-18(25-4)17(24-3)8-14(15)20(11)22/h5-9,11-12,23H,10H2,1-4H3/t11-,12+,21-/m1/s1. The predicted octanol–water partition coefficient (Wildman–Crippen LogP) is 3.14. The maximum atomic E-state index is 12.9. The summed E-state index contributed by atoms with van der Waals surface area (Å²) in [5.74, 6) is 1.40. The van der Waals surface area contributed by atoms with Crippen LogP contribution < -0.4 is 18.9 Å². The van der Waals surface area contributed by atoms with Gasteiger partial charge >= 0.3 is 0 Å². The van der Waals surface area contributed by atoms with Crippen LogP contribution in [0.2, 0.25) is 0 Å². The molecule has 0 saturated carbocycles. The van der Waals surface area contributed by atoms with Crippen molar-refractivity contribution >= 4 is 5.78 Å². The Hall–Kier alpha value is -2.73. The lowest BCUT2D eigenvalue weighted by atomic mass is 9.64. The second-order valence-electron chi connectivity index (χ2n) is 7.03. The normalized spacial score (nSPS) is 25.9. The summed E-state index contributed by atoms with van der Waals surface area (Å²) < 4.78 is 21.6. The number of fused-ring (bicyclic) bond motifs is 2. The average molecular weight is 370 g/mol. The van der Waals surface area contributed by atoms with E-state index in [1.54, 1.807) is 24.3 Å². The van der Waals surface area contributed by atoms with Crippen LogP contribution in [0.5, 0.6) is 23.0 Å². The van der Waals surface area contributed by atoms with Crippen LogP contribution in [0.3, 0.4) is 0 Å². The van der Waals surface area contributed by atoms with E-state index in [4.69, 9.17) is 18.9 Å². The van der Waals surface area contributed by atoms with Gasteiger partial charge in [0.05, 0.1) is 14.2 Å². The van der Waals surface area contributed by atoms with E-state index in [0.717, 1.165) is 0 Å². The quantitative estimate of drug-likeness (QED) is 0.895. The third-order valence-electron chi connectivity index (χ3n) is 5.84. The smallest absolute Gasteiger partial charge is 0.231 e. The Bertz CT molecular complexity index is 921. The minimum absolute atomic E-state index is 0.0242. The van der Waals surface area contributed by atoms with Crippen molar-refractivity contribution in [3.63, 3.8) is 0 Å². The molecule has 0 unspecified atom stereocenters. The molecule has 0 fully saturated rings. The highest BCUT2D eigenvalue weighted by atomic mass is 16.7. The molecule has 2 aliphatic rings. The van der Waals surface area contributed by atoms with Crippen LogP contribution in [0.25, 0.3) is 0 Å². The van der Waals surface area contributed by atoms with Gasteiger partial charge in [-0.05, 0) is 29.8 Å². The Morgan fingerprint density at radius 2 is 1.70 bits per heavy atom. The number of carbonyl (C=O) groups is 1. The fourth-order valence-corrected chi connectivity index (χ4v) is 4.03. The number of hydrogen-bond acceptors (Lipinski definition) is 6. The highest BCUT2D eigenvalue weighted by Crippen LogP contribution is 2.50. The van der Waals surface area contributed by atoms with Gasteiger partial charge in [0.2, 0.25) is 6.79 Å². The van der Waals surface area contributed by atoms with Crippen LogP contribution in [0.1, 0.15) is 35.3 Å². The Balaban J connectivity index is 1.97. The van der Waals surface area contributed by atoms with Crippen LogP contribution >= 0.6 is 0 Å². The van der Waals surface area contributed by atoms with E-state index >= 15 is 0 Å². The molecule has 2 aromatic rings. The zero-order chi connectivity index (χ0) is 19.3. The number of ketones is 1. The van der Waals surface area contributed by atoms with Crippen LogP contribution in [-0.4, -0.2) is 31.9 Å². The molecule has 0 amide bonds. The van der Waals surface area contributed by atoms with Gasteiger partial charge in [0.1, 0.15) is 5.60 Å². The Labute approximate surface area is 157 Å². The summed E-state index contributed by atoms with van der Waals surface area (Å²) in [4.78, 5) is 12.9. The van der Waals surface area contributed by atoms with Gasteiger partial charge in [0.25, 0.3) is 0 Å². The average Bonchev–Trinajstić information content (AvgIpc) is 3.17. The minimum atomic E-state index is -1.39. The molecule has 1 aliphatic carbocycles. The van der Waals surface area contributed by atoms with E-state index in [-0.39, 0.29) is 24.4 Å². The number of rotatable bonds is 3. The van der Waals surface area contributed by atoms with Crippen molar-refractivity contribution in [3.05, 3.63) is 47.0 Å². The highest BCUT2D eigenvalue weighted by molar-refractivity contribution is 6.02. The second-order valence-corrected chi connectivity index (χ2v) is 7.03. The summed E-state index contributed by atoms with van der Waals surface area (Å²) in [5.41, 5.74) is 0.212. The van der Waals surface area contributed by atoms with Crippen molar-refractivity contribution in [2.75, 3.05) is 21.0 Å². The van der Waals surface area contributed by atoms with Crippen molar-refractivity contribution < 1.29 is 28.8 Å². The topological polar surface area (TPSA) is 74.2 Å². The summed E-state index contributed by atoms with van der Waals surface area (Å²) in [5, 5.41) is 11.9. The number of aliphatic hydroxyl groups is 1. The Morgan fingerprint density at radius 3 is 2.41 bits per heavy atom. The number of carbonyl (C=O) groups excluding carboxylic acids is 1. The van der Waals surface area contributed by atoms with Crippen molar-refractivity contribution in [1.82, 2.24) is 0 Å². The largest absolute Gasteiger partial charge is 0.493 e. The fourth-order valence-electron chi connectivity index (χ4n) is 4.03. The van der Waals surface area contributed by atoms with E-state index in [2.05, 4.69) is 0 Å². The molecule has 0 aromatic heterocycles. The van der Waals surface area contributed by atoms with Gasteiger partial charge in [-0.3, -0.25) is 4.79 Å². The molecule has 0 radical (unpaired) electrons. The first kappa shape index (κ1) is 17.7. The molecule has 3 atom stereocenters. The van der Waals surface area contributed by atoms with Gasteiger partial charge in [0, 0.05) is 23.0 Å². The first-order valence-electron chi connectivity index (χ1n) is 8.85. The third kappa shape index (κ3) is 2.40. The van der Waals surface area contributed by atoms with E-state index in [1.807, 2.05) is 19.9 Å². The number of methoxy groups -OCH3 is 2. The number of ether oxygens (including phenoxy) is 4. The van der Waals surface area contributed by atoms with Gasteiger partial charge in [-0.15, -0.1) is 0 Å². The van der Waals surface area contributed by atoms with E-state index in [9.17, 15) is 9.90 Å². The molecule has 1 aliphatic heterocycles. The minimum Gasteiger partial charge on any atom is -0.493 e. The van der Waals surface area contributed by atoms with Crippen LogP contribution in [0, 0.1) is 11.8 Å². The summed E-state index contributed by atoms with van der Waals surface area (Å²) >= 11 is 0. The molecule has 0 saturated heterocycles. The van der Waals surface area contributed by atoms with Crippen molar-refractivity contribution in [3.8, 4) is 23.0 Å². The van der Waals surface area contributed by atoms with Gasteiger partial charge in [-0.2, -0.15) is 0 Å². The third-order valence-corrected chi connectivity index (χ3v) is 5.84. The molecular weight excluding hydrogens is 348 g/mol. The lowest BCUT2D eigenvalue weighted by molar-refractivity contribution is -0.00540.